The number of benzene rings is 1. The fourth-order valence-electron chi connectivity index (χ4n) is 3.08. The Hall–Kier alpha value is -2.83. The standard InChI is InChI=1S/C16H14O11/c17-5-1-2-6(18)9-8(5)7(19)3-4(10(9)20)16(26)14(23)12(22)11(21)13(27-16)15(24)25/h1-3,11-14,17-18,21-23,26H,(H,24,25)/t11-,12-,13-,14+,16?/m0/s1. The normalized spacial score (nSPS) is 33.4. The molecule has 11 heteroatoms. The van der Waals surface area contributed by atoms with Crippen LogP contribution in [0.4, 0.5) is 0 Å². The Balaban J connectivity index is 2.15. The minimum Gasteiger partial charge on any atom is -0.507 e. The lowest BCUT2D eigenvalue weighted by atomic mass is 9.79. The highest BCUT2D eigenvalue weighted by Gasteiger charge is 2.59. The third-order valence-corrected chi connectivity index (χ3v) is 4.48. The zero-order chi connectivity index (χ0) is 20.3. The molecule has 144 valence electrons. The van der Waals surface area contributed by atoms with Gasteiger partial charge in [0.15, 0.2) is 17.7 Å². The number of rotatable bonds is 2. The SMILES string of the molecule is O=C1C=C(C2(O)O[C@H](C(=O)O)[C@@H](O)[C@H](O)[C@H]2O)C(=O)c2c(O)ccc(O)c21. The molecule has 1 heterocycles. The first-order valence-electron chi connectivity index (χ1n) is 7.54. The molecule has 0 aromatic heterocycles. The molecule has 1 saturated heterocycles. The van der Waals surface area contributed by atoms with Crippen molar-refractivity contribution >= 4 is 17.5 Å². The van der Waals surface area contributed by atoms with Crippen LogP contribution in [-0.4, -0.2) is 83.5 Å². The molecule has 7 N–H and O–H groups in total. The first-order valence-corrected chi connectivity index (χ1v) is 7.54. The summed E-state index contributed by atoms with van der Waals surface area (Å²) in [6.45, 7) is 0. The first kappa shape index (κ1) is 18.9. The van der Waals surface area contributed by atoms with Crippen LogP contribution in [0, 0.1) is 0 Å². The van der Waals surface area contributed by atoms with Crippen molar-refractivity contribution in [3.63, 3.8) is 0 Å². The quantitative estimate of drug-likeness (QED) is 0.270. The van der Waals surface area contributed by atoms with E-state index in [9.17, 15) is 45.0 Å². The molecular formula is C16H14O11. The number of ether oxygens (including phenoxy) is 1. The monoisotopic (exact) mass is 382 g/mol. The predicted octanol–water partition coefficient (Wildman–Crippen LogP) is -2.34. The number of carbonyl (C=O) groups is 3. The van der Waals surface area contributed by atoms with Gasteiger partial charge in [0.25, 0.3) is 0 Å². The zero-order valence-electron chi connectivity index (χ0n) is 13.3. The fraction of sp³-hybridized carbons (Fsp3) is 0.312. The summed E-state index contributed by atoms with van der Waals surface area (Å²) in [4.78, 5) is 36.2. The van der Waals surface area contributed by atoms with E-state index >= 15 is 0 Å². The second kappa shape index (κ2) is 6.11. The van der Waals surface area contributed by atoms with E-state index < -0.39 is 75.9 Å². The molecule has 3 rings (SSSR count). The van der Waals surface area contributed by atoms with Crippen LogP contribution >= 0.6 is 0 Å². The number of carboxylic acids is 1. The Morgan fingerprint density at radius 3 is 2.11 bits per heavy atom. The fourth-order valence-corrected chi connectivity index (χ4v) is 3.08. The third kappa shape index (κ3) is 2.60. The van der Waals surface area contributed by atoms with E-state index in [2.05, 4.69) is 0 Å². The van der Waals surface area contributed by atoms with Crippen molar-refractivity contribution in [2.45, 2.75) is 30.2 Å². The molecule has 0 amide bonds. The van der Waals surface area contributed by atoms with Gasteiger partial charge in [-0.25, -0.2) is 4.79 Å². The Morgan fingerprint density at radius 1 is 1.00 bits per heavy atom. The first-order chi connectivity index (χ1) is 12.5. The van der Waals surface area contributed by atoms with Crippen LogP contribution in [-0.2, 0) is 9.53 Å². The van der Waals surface area contributed by atoms with Crippen LogP contribution in [0.3, 0.4) is 0 Å². The molecule has 1 fully saturated rings. The number of phenolic OH excluding ortho intramolecular Hbond substituents is 2. The Kier molecular flexibility index (Phi) is 4.29. The summed E-state index contributed by atoms with van der Waals surface area (Å²) in [7, 11) is 0. The van der Waals surface area contributed by atoms with Crippen molar-refractivity contribution in [1.29, 1.82) is 0 Å². The van der Waals surface area contributed by atoms with E-state index in [-0.39, 0.29) is 0 Å². The van der Waals surface area contributed by atoms with Gasteiger partial charge in [0.2, 0.25) is 5.79 Å². The molecule has 0 saturated carbocycles. The van der Waals surface area contributed by atoms with Gasteiger partial charge in [-0.05, 0) is 18.2 Å². The number of aliphatic carboxylic acids is 1. The van der Waals surface area contributed by atoms with Crippen LogP contribution in [0.1, 0.15) is 20.7 Å². The van der Waals surface area contributed by atoms with E-state index in [1.807, 2.05) is 0 Å². The number of carboxylic acid groups (broad SMARTS) is 1. The maximum absolute atomic E-state index is 12.7. The molecule has 0 radical (unpaired) electrons. The molecule has 1 aromatic rings. The number of ketones is 2. The molecule has 1 aliphatic carbocycles. The average Bonchev–Trinajstić information content (AvgIpc) is 2.61. The number of hydrogen-bond donors (Lipinski definition) is 7. The second-order valence-corrected chi connectivity index (χ2v) is 6.10. The minimum absolute atomic E-state index is 0.483. The zero-order valence-corrected chi connectivity index (χ0v) is 13.3. The van der Waals surface area contributed by atoms with Crippen molar-refractivity contribution < 1.29 is 54.9 Å². The molecule has 5 atom stereocenters. The van der Waals surface area contributed by atoms with E-state index in [4.69, 9.17) is 9.84 Å². The summed E-state index contributed by atoms with van der Waals surface area (Å²) in [5.41, 5.74) is -2.24. The maximum atomic E-state index is 12.7. The molecule has 1 aromatic carbocycles. The number of carbonyl (C=O) groups excluding carboxylic acids is 2. The number of aromatic hydroxyl groups is 2. The van der Waals surface area contributed by atoms with Crippen molar-refractivity contribution in [1.82, 2.24) is 0 Å². The topological polar surface area (TPSA) is 202 Å². The number of aliphatic hydroxyl groups excluding tert-OH is 3. The molecule has 1 aliphatic heterocycles. The molecular weight excluding hydrogens is 368 g/mol. The molecule has 0 spiro atoms. The van der Waals surface area contributed by atoms with Gasteiger partial charge in [-0.2, -0.15) is 0 Å². The van der Waals surface area contributed by atoms with Gasteiger partial charge in [-0.3, -0.25) is 9.59 Å². The summed E-state index contributed by atoms with van der Waals surface area (Å²) in [5.74, 6) is -8.67. The minimum atomic E-state index is -3.19. The summed E-state index contributed by atoms with van der Waals surface area (Å²) >= 11 is 0. The maximum Gasteiger partial charge on any atom is 0.335 e. The molecule has 27 heavy (non-hydrogen) atoms. The number of Topliss-reactive ketones (excluding diaryl/α,β-unsaturated/α-hetero) is 1. The van der Waals surface area contributed by atoms with Gasteiger partial charge in [0.05, 0.1) is 16.7 Å². The van der Waals surface area contributed by atoms with Crippen molar-refractivity contribution in [3.8, 4) is 11.5 Å². The molecule has 2 aliphatic rings. The highest BCUT2D eigenvalue weighted by molar-refractivity contribution is 6.27. The Bertz CT molecular complexity index is 889. The van der Waals surface area contributed by atoms with E-state index in [1.165, 1.54) is 0 Å². The Labute approximate surface area is 150 Å². The van der Waals surface area contributed by atoms with Crippen LogP contribution in [0.25, 0.3) is 0 Å². The number of hydrogen-bond acceptors (Lipinski definition) is 10. The van der Waals surface area contributed by atoms with E-state index in [0.717, 1.165) is 12.1 Å². The summed E-state index contributed by atoms with van der Waals surface area (Å²) in [5, 5.41) is 69.0. The van der Waals surface area contributed by atoms with Crippen LogP contribution in [0.5, 0.6) is 11.5 Å². The molecule has 1 unspecified atom stereocenters. The van der Waals surface area contributed by atoms with Crippen LogP contribution < -0.4 is 0 Å². The lowest BCUT2D eigenvalue weighted by Crippen LogP contribution is -2.67. The van der Waals surface area contributed by atoms with Crippen molar-refractivity contribution in [2.75, 3.05) is 0 Å². The summed E-state index contributed by atoms with van der Waals surface area (Å²) < 4.78 is 4.78. The lowest BCUT2D eigenvalue weighted by molar-refractivity contribution is -0.322. The number of fused-ring (bicyclic) bond motifs is 1. The predicted molar refractivity (Wildman–Crippen MR) is 82.0 cm³/mol. The number of aliphatic hydroxyl groups is 4. The second-order valence-electron chi connectivity index (χ2n) is 6.10. The molecule has 11 nitrogen and oxygen atoms in total. The molecule has 0 bridgehead atoms. The average molecular weight is 382 g/mol. The highest BCUT2D eigenvalue weighted by Crippen LogP contribution is 2.41. The van der Waals surface area contributed by atoms with E-state index in [1.54, 1.807) is 0 Å². The largest absolute Gasteiger partial charge is 0.507 e. The van der Waals surface area contributed by atoms with Crippen LogP contribution in [0.2, 0.25) is 0 Å². The van der Waals surface area contributed by atoms with Gasteiger partial charge in [-0.15, -0.1) is 0 Å². The summed E-state index contributed by atoms with van der Waals surface area (Å²) in [6.07, 6.45) is -8.55. The third-order valence-electron chi connectivity index (χ3n) is 4.48. The number of allylic oxidation sites excluding steroid dienone is 1. The van der Waals surface area contributed by atoms with Crippen molar-refractivity contribution in [3.05, 3.63) is 34.9 Å². The van der Waals surface area contributed by atoms with Crippen molar-refractivity contribution in [2.24, 2.45) is 0 Å². The van der Waals surface area contributed by atoms with Gasteiger partial charge in [0, 0.05) is 0 Å². The highest BCUT2D eigenvalue weighted by atomic mass is 16.7. The van der Waals surface area contributed by atoms with Gasteiger partial charge >= 0.3 is 5.97 Å². The number of phenols is 2. The lowest BCUT2D eigenvalue weighted by Gasteiger charge is -2.45. The summed E-state index contributed by atoms with van der Waals surface area (Å²) in [6, 6.07) is 1.86. The Morgan fingerprint density at radius 2 is 1.56 bits per heavy atom. The van der Waals surface area contributed by atoms with Gasteiger partial charge in [0.1, 0.15) is 29.8 Å². The van der Waals surface area contributed by atoms with Gasteiger partial charge in [-0.1, -0.05) is 0 Å². The van der Waals surface area contributed by atoms with Gasteiger partial charge < -0.3 is 40.5 Å². The van der Waals surface area contributed by atoms with E-state index in [0.29, 0.717) is 6.08 Å². The smallest absolute Gasteiger partial charge is 0.335 e. The van der Waals surface area contributed by atoms with Crippen LogP contribution in [0.15, 0.2) is 23.8 Å².